The van der Waals surface area contributed by atoms with Crippen LogP contribution >= 0.6 is 11.6 Å². The van der Waals surface area contributed by atoms with Crippen molar-refractivity contribution in [2.45, 2.75) is 56.5 Å². The fraction of sp³-hybridized carbons (Fsp3) is 0.289. The van der Waals surface area contributed by atoms with E-state index in [0.717, 1.165) is 42.8 Å². The number of carbonyl (C=O) groups is 3. The minimum Gasteiger partial charge on any atom is -0.497 e. The summed E-state index contributed by atoms with van der Waals surface area (Å²) in [5, 5.41) is 17.3. The van der Waals surface area contributed by atoms with Crippen LogP contribution in [0.3, 0.4) is 0 Å². The number of carbonyl (C=O) groups excluding carboxylic acids is 3. The van der Waals surface area contributed by atoms with Gasteiger partial charge in [0.15, 0.2) is 0 Å². The van der Waals surface area contributed by atoms with E-state index in [1.54, 1.807) is 55.6 Å². The van der Waals surface area contributed by atoms with Gasteiger partial charge in [-0.2, -0.15) is 0 Å². The summed E-state index contributed by atoms with van der Waals surface area (Å²) in [4.78, 5) is 38.6. The lowest BCUT2D eigenvalue weighted by Gasteiger charge is -2.39. The second-order valence-corrected chi connectivity index (χ2v) is 12.6. The van der Waals surface area contributed by atoms with Gasteiger partial charge in [0, 0.05) is 40.8 Å². The van der Waals surface area contributed by atoms with Crippen LogP contribution in [-0.4, -0.2) is 59.5 Å². The number of amides is 3. The van der Waals surface area contributed by atoms with Crippen molar-refractivity contribution in [3.63, 3.8) is 0 Å². The van der Waals surface area contributed by atoms with Gasteiger partial charge in [-0.1, -0.05) is 72.3 Å². The summed E-state index contributed by atoms with van der Waals surface area (Å²) < 4.78 is 4.90. The molecule has 4 aromatic carbocycles. The number of nitrogens with two attached hydrogens (primary N) is 1. The Morgan fingerprint density at radius 3 is 2.19 bits per heavy atom. The van der Waals surface area contributed by atoms with E-state index in [4.69, 9.17) is 22.1 Å². The molecule has 250 valence electrons. The fourth-order valence-corrected chi connectivity index (χ4v) is 6.57. The van der Waals surface area contributed by atoms with Gasteiger partial charge >= 0.3 is 0 Å². The van der Waals surface area contributed by atoms with Crippen molar-refractivity contribution in [1.82, 2.24) is 15.5 Å². The van der Waals surface area contributed by atoms with Crippen molar-refractivity contribution in [1.29, 1.82) is 0 Å². The lowest BCUT2D eigenvalue weighted by Crippen LogP contribution is -2.51. The molecule has 4 aromatic rings. The molecule has 10 heteroatoms. The average Bonchev–Trinajstić information content (AvgIpc) is 3.34. The Kier molecular flexibility index (Phi) is 11.8. The van der Waals surface area contributed by atoms with Crippen LogP contribution in [0.15, 0.2) is 103 Å². The van der Waals surface area contributed by atoms with E-state index in [1.165, 1.54) is 5.56 Å². The Morgan fingerprint density at radius 1 is 0.875 bits per heavy atom. The Morgan fingerprint density at radius 2 is 1.52 bits per heavy atom. The predicted molar refractivity (Wildman–Crippen MR) is 186 cm³/mol. The molecule has 2 fully saturated rings. The third-order valence-electron chi connectivity index (χ3n) is 8.87. The molecule has 1 unspecified atom stereocenters. The molecule has 2 saturated heterocycles. The Balaban J connectivity index is 0.000000349. The van der Waals surface area contributed by atoms with Gasteiger partial charge in [0.05, 0.1) is 13.7 Å². The highest BCUT2D eigenvalue weighted by molar-refractivity contribution is 6.30. The smallest absolute Gasteiger partial charge is 0.251 e. The first-order valence-corrected chi connectivity index (χ1v) is 16.4. The van der Waals surface area contributed by atoms with Crippen molar-refractivity contribution >= 4 is 29.3 Å². The molecule has 9 nitrogen and oxygen atoms in total. The highest BCUT2D eigenvalue weighted by Crippen LogP contribution is 2.37. The Hall–Kier alpha value is -4.70. The Bertz CT molecular complexity index is 1690. The molecule has 4 atom stereocenters. The first-order valence-electron chi connectivity index (χ1n) is 16.0. The topological polar surface area (TPSA) is 134 Å². The van der Waals surface area contributed by atoms with Gasteiger partial charge in [0.25, 0.3) is 5.91 Å². The summed E-state index contributed by atoms with van der Waals surface area (Å²) in [5.41, 5.74) is 8.56. The summed E-state index contributed by atoms with van der Waals surface area (Å²) in [6.45, 7) is 0.825. The van der Waals surface area contributed by atoms with Crippen LogP contribution in [0.2, 0.25) is 5.02 Å². The summed E-state index contributed by atoms with van der Waals surface area (Å²) in [7, 11) is 1.54. The maximum absolute atomic E-state index is 12.7. The summed E-state index contributed by atoms with van der Waals surface area (Å²) >= 11 is 6.02. The van der Waals surface area contributed by atoms with E-state index in [1.807, 2.05) is 42.5 Å². The molecule has 2 aliphatic rings. The lowest BCUT2D eigenvalue weighted by molar-refractivity contribution is -0.121. The minimum atomic E-state index is -0.821. The number of rotatable bonds is 10. The van der Waals surface area contributed by atoms with Crippen LogP contribution in [0.4, 0.5) is 0 Å². The number of benzene rings is 4. The molecule has 2 bridgehead atoms. The molecule has 0 aliphatic carbocycles. The van der Waals surface area contributed by atoms with Gasteiger partial charge < -0.3 is 26.2 Å². The lowest BCUT2D eigenvalue weighted by atomic mass is 9.96. The van der Waals surface area contributed by atoms with Crippen LogP contribution in [0.25, 0.3) is 0 Å². The number of hydrogen-bond acceptors (Lipinski definition) is 6. The predicted octanol–water partition coefficient (Wildman–Crippen LogP) is 5.26. The average molecular weight is 669 g/mol. The maximum atomic E-state index is 12.7. The van der Waals surface area contributed by atoms with Crippen LogP contribution in [0.5, 0.6) is 5.75 Å². The zero-order valence-electron chi connectivity index (χ0n) is 26.8. The normalized spacial score (nSPS) is 18.9. The standard InChI is InChI=1S/C30H32ClN3O3.C8H9NO2/c31-24-11-9-20(10-12-24)19-34-26-13-14-27(34)17-25(16-26)33-28(35)18-32-30(37)23-8-4-7-22(15-23)29(36)21-5-2-1-3-6-21;1-11-7-4-2-3-6(5-7)8(9)10/h1-12,15,25-27,29,36H,13-14,16-19H2,(H,32,37)(H,33,35);2-5H,1H3,(H2,9,10)/t25-,26+,27-,29?;. The van der Waals surface area contributed by atoms with Gasteiger partial charge in [0.1, 0.15) is 11.9 Å². The van der Waals surface area contributed by atoms with E-state index in [-0.39, 0.29) is 24.4 Å². The van der Waals surface area contributed by atoms with Gasteiger partial charge in [-0.05, 0) is 84.8 Å². The number of halogens is 1. The first-order chi connectivity index (χ1) is 23.2. The molecule has 0 aromatic heterocycles. The van der Waals surface area contributed by atoms with E-state index in [9.17, 15) is 19.5 Å². The summed E-state index contributed by atoms with van der Waals surface area (Å²) in [6, 6.07) is 31.9. The molecule has 0 spiro atoms. The second-order valence-electron chi connectivity index (χ2n) is 12.1. The van der Waals surface area contributed by atoms with Gasteiger partial charge in [-0.25, -0.2) is 0 Å². The van der Waals surface area contributed by atoms with E-state index >= 15 is 0 Å². The quantitative estimate of drug-likeness (QED) is 0.182. The third kappa shape index (κ3) is 9.22. The molecular formula is C38H41ClN4O5. The van der Waals surface area contributed by atoms with Gasteiger partial charge in [-0.3, -0.25) is 19.3 Å². The minimum absolute atomic E-state index is 0.0787. The molecule has 0 saturated carbocycles. The second kappa shape index (κ2) is 16.4. The number of fused-ring (bicyclic) bond motifs is 2. The van der Waals surface area contributed by atoms with Crippen molar-refractivity contribution in [3.8, 4) is 5.75 Å². The van der Waals surface area contributed by atoms with Gasteiger partial charge in [-0.15, -0.1) is 0 Å². The van der Waals surface area contributed by atoms with E-state index in [0.29, 0.717) is 34.5 Å². The zero-order chi connectivity index (χ0) is 34.0. The molecule has 3 amide bonds. The zero-order valence-corrected chi connectivity index (χ0v) is 27.6. The molecule has 6 rings (SSSR count). The van der Waals surface area contributed by atoms with Crippen LogP contribution < -0.4 is 21.1 Å². The highest BCUT2D eigenvalue weighted by atomic mass is 35.5. The number of hydrogen-bond donors (Lipinski definition) is 4. The van der Waals surface area contributed by atoms with Crippen molar-refractivity contribution in [2.24, 2.45) is 5.73 Å². The van der Waals surface area contributed by atoms with Crippen molar-refractivity contribution in [3.05, 3.63) is 136 Å². The number of nitrogens with zero attached hydrogens (tertiary/aromatic N) is 1. The number of aliphatic hydroxyl groups is 1. The first kappa shape index (κ1) is 34.6. The SMILES string of the molecule is COc1cccc(C(N)=O)c1.O=C(CNC(=O)c1cccc(C(O)c2ccccc2)c1)N[C@H]1C[C@H]2CC[C@@H](C1)N2Cc1ccc(Cl)cc1. The Labute approximate surface area is 286 Å². The molecule has 5 N–H and O–H groups in total. The highest BCUT2D eigenvalue weighted by Gasteiger charge is 2.40. The number of piperidine rings is 1. The molecule has 2 heterocycles. The number of methoxy groups -OCH3 is 1. The molecule has 2 aliphatic heterocycles. The van der Waals surface area contributed by atoms with Crippen LogP contribution in [0, 0.1) is 0 Å². The molecule has 0 radical (unpaired) electrons. The summed E-state index contributed by atoms with van der Waals surface area (Å²) in [5.74, 6) is -0.315. The van der Waals surface area contributed by atoms with Crippen LogP contribution in [0.1, 0.15) is 69.2 Å². The van der Waals surface area contributed by atoms with E-state index in [2.05, 4.69) is 27.7 Å². The molecule has 48 heavy (non-hydrogen) atoms. The number of aliphatic hydroxyl groups excluding tert-OH is 1. The summed E-state index contributed by atoms with van der Waals surface area (Å²) in [6.07, 6.45) is 3.31. The van der Waals surface area contributed by atoms with Crippen molar-refractivity contribution < 1.29 is 24.2 Å². The monoisotopic (exact) mass is 668 g/mol. The fourth-order valence-electron chi connectivity index (χ4n) is 6.45. The number of primary amides is 1. The largest absolute Gasteiger partial charge is 0.497 e. The van der Waals surface area contributed by atoms with Crippen molar-refractivity contribution in [2.75, 3.05) is 13.7 Å². The maximum Gasteiger partial charge on any atom is 0.251 e. The van der Waals surface area contributed by atoms with Gasteiger partial charge in [0.2, 0.25) is 11.8 Å². The third-order valence-corrected chi connectivity index (χ3v) is 9.12. The number of nitrogens with one attached hydrogen (secondary N) is 2. The van der Waals surface area contributed by atoms with E-state index < -0.39 is 12.0 Å². The van der Waals surface area contributed by atoms with Crippen LogP contribution in [-0.2, 0) is 11.3 Å². The number of ether oxygens (including phenoxy) is 1. The molecular weight excluding hydrogens is 628 g/mol.